The molecule has 3 aromatic rings. The Morgan fingerprint density at radius 3 is 2.76 bits per heavy atom. The van der Waals surface area contributed by atoms with E-state index in [1.807, 2.05) is 30.3 Å². The SMILES string of the molecule is NC(CCc1nc(-c2ccncn2)no1)c1ccccc1. The number of nitrogens with zero attached hydrogens (tertiary/aromatic N) is 4. The van der Waals surface area contributed by atoms with E-state index in [-0.39, 0.29) is 6.04 Å². The van der Waals surface area contributed by atoms with Crippen LogP contribution in [0.4, 0.5) is 0 Å². The Morgan fingerprint density at radius 2 is 2.00 bits per heavy atom. The van der Waals surface area contributed by atoms with Crippen LogP contribution in [0.3, 0.4) is 0 Å². The van der Waals surface area contributed by atoms with Crippen LogP contribution in [0.2, 0.25) is 0 Å². The molecular formula is C15H15N5O. The molecule has 0 aliphatic carbocycles. The van der Waals surface area contributed by atoms with E-state index >= 15 is 0 Å². The van der Waals surface area contributed by atoms with Gasteiger partial charge in [-0.25, -0.2) is 9.97 Å². The predicted molar refractivity (Wildman–Crippen MR) is 77.0 cm³/mol. The number of aromatic nitrogens is 4. The lowest BCUT2D eigenvalue weighted by Gasteiger charge is -2.09. The van der Waals surface area contributed by atoms with E-state index in [2.05, 4.69) is 20.1 Å². The van der Waals surface area contributed by atoms with Gasteiger partial charge in [-0.05, 0) is 18.1 Å². The van der Waals surface area contributed by atoms with Crippen molar-refractivity contribution in [1.82, 2.24) is 20.1 Å². The van der Waals surface area contributed by atoms with Crippen LogP contribution in [0.25, 0.3) is 11.5 Å². The van der Waals surface area contributed by atoms with E-state index in [1.165, 1.54) is 6.33 Å². The molecule has 0 aliphatic rings. The molecule has 0 saturated heterocycles. The summed E-state index contributed by atoms with van der Waals surface area (Å²) < 4.78 is 5.23. The number of hydrogen-bond donors (Lipinski definition) is 1. The Balaban J connectivity index is 1.63. The van der Waals surface area contributed by atoms with Crippen LogP contribution in [0.15, 0.2) is 53.4 Å². The molecule has 2 N–H and O–H groups in total. The lowest BCUT2D eigenvalue weighted by atomic mass is 10.0. The number of nitrogens with two attached hydrogens (primary N) is 1. The zero-order valence-electron chi connectivity index (χ0n) is 11.4. The molecular weight excluding hydrogens is 266 g/mol. The van der Waals surface area contributed by atoms with Crippen LogP contribution < -0.4 is 5.73 Å². The first-order chi connectivity index (χ1) is 10.3. The Bertz CT molecular complexity index is 684. The molecule has 6 nitrogen and oxygen atoms in total. The van der Waals surface area contributed by atoms with Gasteiger partial charge in [-0.3, -0.25) is 0 Å². The van der Waals surface area contributed by atoms with E-state index < -0.39 is 0 Å². The summed E-state index contributed by atoms with van der Waals surface area (Å²) in [6, 6.07) is 11.7. The van der Waals surface area contributed by atoms with Gasteiger partial charge in [-0.15, -0.1) is 0 Å². The third kappa shape index (κ3) is 3.29. The molecule has 6 heteroatoms. The first-order valence-electron chi connectivity index (χ1n) is 6.72. The monoisotopic (exact) mass is 281 g/mol. The summed E-state index contributed by atoms with van der Waals surface area (Å²) in [6.07, 6.45) is 4.48. The van der Waals surface area contributed by atoms with Gasteiger partial charge in [0.15, 0.2) is 0 Å². The maximum Gasteiger partial charge on any atom is 0.227 e. The van der Waals surface area contributed by atoms with Crippen molar-refractivity contribution in [3.05, 3.63) is 60.4 Å². The molecule has 1 atom stereocenters. The molecule has 2 heterocycles. The average molecular weight is 281 g/mol. The smallest absolute Gasteiger partial charge is 0.227 e. The summed E-state index contributed by atoms with van der Waals surface area (Å²) in [5.74, 6) is 1.04. The quantitative estimate of drug-likeness (QED) is 0.770. The Labute approximate surface area is 122 Å². The molecule has 106 valence electrons. The second-order valence-electron chi connectivity index (χ2n) is 4.66. The summed E-state index contributed by atoms with van der Waals surface area (Å²) in [4.78, 5) is 12.3. The van der Waals surface area contributed by atoms with Gasteiger partial charge in [0.2, 0.25) is 11.7 Å². The number of hydrogen-bond acceptors (Lipinski definition) is 6. The predicted octanol–water partition coefficient (Wildman–Crippen LogP) is 2.16. The molecule has 1 aromatic carbocycles. The van der Waals surface area contributed by atoms with Gasteiger partial charge < -0.3 is 10.3 Å². The van der Waals surface area contributed by atoms with Crippen LogP contribution >= 0.6 is 0 Å². The molecule has 1 unspecified atom stereocenters. The van der Waals surface area contributed by atoms with Crippen LogP contribution in [-0.2, 0) is 6.42 Å². The van der Waals surface area contributed by atoms with Gasteiger partial charge in [-0.1, -0.05) is 35.5 Å². The lowest BCUT2D eigenvalue weighted by Crippen LogP contribution is -2.11. The minimum absolute atomic E-state index is 0.0411. The number of benzene rings is 1. The third-order valence-electron chi connectivity index (χ3n) is 3.18. The second kappa shape index (κ2) is 6.23. The van der Waals surface area contributed by atoms with Crippen molar-refractivity contribution in [3.63, 3.8) is 0 Å². The molecule has 2 aromatic heterocycles. The van der Waals surface area contributed by atoms with Crippen LogP contribution in [0.1, 0.15) is 23.9 Å². The van der Waals surface area contributed by atoms with Gasteiger partial charge in [-0.2, -0.15) is 4.98 Å². The van der Waals surface area contributed by atoms with Gasteiger partial charge in [0.25, 0.3) is 0 Å². The normalized spacial score (nSPS) is 12.2. The van der Waals surface area contributed by atoms with E-state index in [1.54, 1.807) is 12.3 Å². The van der Waals surface area contributed by atoms with Crippen molar-refractivity contribution in [1.29, 1.82) is 0 Å². The topological polar surface area (TPSA) is 90.7 Å². The largest absolute Gasteiger partial charge is 0.339 e. The van der Waals surface area contributed by atoms with Gasteiger partial charge >= 0.3 is 0 Å². The fraction of sp³-hybridized carbons (Fsp3) is 0.200. The van der Waals surface area contributed by atoms with Gasteiger partial charge in [0, 0.05) is 18.7 Å². The van der Waals surface area contributed by atoms with Crippen molar-refractivity contribution < 1.29 is 4.52 Å². The Hall–Kier alpha value is -2.60. The maximum absolute atomic E-state index is 6.15. The first kappa shape index (κ1) is 13.4. The Kier molecular flexibility index (Phi) is 3.97. The Morgan fingerprint density at radius 1 is 1.14 bits per heavy atom. The zero-order valence-corrected chi connectivity index (χ0v) is 11.4. The van der Waals surface area contributed by atoms with Crippen molar-refractivity contribution in [2.24, 2.45) is 5.73 Å². The molecule has 0 saturated carbocycles. The fourth-order valence-corrected chi connectivity index (χ4v) is 2.03. The van der Waals surface area contributed by atoms with Crippen molar-refractivity contribution in [2.75, 3.05) is 0 Å². The lowest BCUT2D eigenvalue weighted by molar-refractivity contribution is 0.372. The molecule has 0 bridgehead atoms. The van der Waals surface area contributed by atoms with Gasteiger partial charge in [0.1, 0.15) is 12.0 Å². The standard InChI is InChI=1S/C15H15N5O/c16-12(11-4-2-1-3-5-11)6-7-14-19-15(20-21-14)13-8-9-17-10-18-13/h1-5,8-10,12H,6-7,16H2. The van der Waals surface area contributed by atoms with E-state index in [0.717, 1.165) is 12.0 Å². The van der Waals surface area contributed by atoms with E-state index in [9.17, 15) is 0 Å². The second-order valence-corrected chi connectivity index (χ2v) is 4.66. The molecule has 3 rings (SSSR count). The molecule has 0 aliphatic heterocycles. The molecule has 0 amide bonds. The number of aryl methyl sites for hydroxylation is 1. The van der Waals surface area contributed by atoms with Crippen LogP contribution in [0, 0.1) is 0 Å². The minimum Gasteiger partial charge on any atom is -0.339 e. The highest BCUT2D eigenvalue weighted by Crippen LogP contribution is 2.17. The van der Waals surface area contributed by atoms with Crippen LogP contribution in [0.5, 0.6) is 0 Å². The third-order valence-corrected chi connectivity index (χ3v) is 3.18. The van der Waals surface area contributed by atoms with Gasteiger partial charge in [0.05, 0.1) is 0 Å². The summed E-state index contributed by atoms with van der Waals surface area (Å²) >= 11 is 0. The number of rotatable bonds is 5. The maximum atomic E-state index is 6.15. The van der Waals surface area contributed by atoms with Crippen LogP contribution in [-0.4, -0.2) is 20.1 Å². The fourth-order valence-electron chi connectivity index (χ4n) is 2.03. The highest BCUT2D eigenvalue weighted by atomic mass is 16.5. The first-order valence-corrected chi connectivity index (χ1v) is 6.72. The molecule has 0 fully saturated rings. The summed E-state index contributed by atoms with van der Waals surface area (Å²) in [7, 11) is 0. The molecule has 0 radical (unpaired) electrons. The minimum atomic E-state index is -0.0411. The molecule has 21 heavy (non-hydrogen) atoms. The molecule has 0 spiro atoms. The highest BCUT2D eigenvalue weighted by molar-refractivity contribution is 5.46. The van der Waals surface area contributed by atoms with Crippen molar-refractivity contribution >= 4 is 0 Å². The van der Waals surface area contributed by atoms with E-state index in [0.29, 0.717) is 23.8 Å². The summed E-state index contributed by atoms with van der Waals surface area (Å²) in [5, 5.41) is 3.92. The van der Waals surface area contributed by atoms with Crippen molar-refractivity contribution in [2.45, 2.75) is 18.9 Å². The highest BCUT2D eigenvalue weighted by Gasteiger charge is 2.12. The zero-order chi connectivity index (χ0) is 14.5. The summed E-state index contributed by atoms with van der Waals surface area (Å²) in [5.41, 5.74) is 7.90. The van der Waals surface area contributed by atoms with Crippen molar-refractivity contribution in [3.8, 4) is 11.5 Å². The summed E-state index contributed by atoms with van der Waals surface area (Å²) in [6.45, 7) is 0. The average Bonchev–Trinajstić information content (AvgIpc) is 3.03. The van der Waals surface area contributed by atoms with E-state index in [4.69, 9.17) is 10.3 Å².